The molecule has 2 fully saturated rings. The molecular formula is C15H20F3N3O2. The number of nitrogens with zero attached hydrogens (tertiary/aromatic N) is 1. The minimum atomic E-state index is -4.56. The van der Waals surface area contributed by atoms with E-state index in [9.17, 15) is 18.0 Å². The first kappa shape index (κ1) is 16.3. The summed E-state index contributed by atoms with van der Waals surface area (Å²) in [4.78, 5) is 14.7. The molecule has 1 aromatic rings. The van der Waals surface area contributed by atoms with Crippen LogP contribution < -0.4 is 10.6 Å². The smallest absolute Gasteiger partial charge is 0.449 e. The van der Waals surface area contributed by atoms with E-state index in [2.05, 4.69) is 15.5 Å². The van der Waals surface area contributed by atoms with E-state index in [0.717, 1.165) is 13.1 Å². The molecule has 0 spiro atoms. The number of likely N-dealkylation sites (tertiary alicyclic amines) is 1. The van der Waals surface area contributed by atoms with Crippen LogP contribution in [0, 0.1) is 18.3 Å². The van der Waals surface area contributed by atoms with Crippen LogP contribution in [-0.2, 0) is 17.5 Å². The summed E-state index contributed by atoms with van der Waals surface area (Å²) in [5.74, 6) is -0.845. The maximum absolute atomic E-state index is 12.9. The quantitative estimate of drug-likeness (QED) is 0.878. The Hall–Kier alpha value is -1.54. The van der Waals surface area contributed by atoms with Crippen molar-refractivity contribution in [2.45, 2.75) is 19.6 Å². The number of halogens is 3. The zero-order valence-corrected chi connectivity index (χ0v) is 13.1. The first-order valence-electron chi connectivity index (χ1n) is 7.56. The minimum Gasteiger partial charge on any atom is -0.456 e. The van der Waals surface area contributed by atoms with Gasteiger partial charge in [-0.25, -0.2) is 0 Å². The topological polar surface area (TPSA) is 57.5 Å². The summed E-state index contributed by atoms with van der Waals surface area (Å²) < 4.78 is 43.5. The van der Waals surface area contributed by atoms with E-state index < -0.39 is 17.4 Å². The summed E-state index contributed by atoms with van der Waals surface area (Å²) in [6.45, 7) is 4.04. The lowest BCUT2D eigenvalue weighted by Crippen LogP contribution is -2.47. The van der Waals surface area contributed by atoms with Crippen LogP contribution in [0.2, 0.25) is 0 Å². The Balaban J connectivity index is 1.73. The van der Waals surface area contributed by atoms with Crippen molar-refractivity contribution in [3.8, 4) is 0 Å². The third-order valence-electron chi connectivity index (χ3n) is 4.78. The van der Waals surface area contributed by atoms with Crippen LogP contribution in [-0.4, -0.2) is 44.0 Å². The van der Waals surface area contributed by atoms with Crippen LogP contribution in [0.4, 0.5) is 13.2 Å². The van der Waals surface area contributed by atoms with Gasteiger partial charge in [-0.3, -0.25) is 4.79 Å². The standard InChI is InChI=1S/C15H20F3N3O2/c1-9-3-10(12(23-9)15(16,17)18)4-20-13(22)14-7-19-5-11(14)6-21(2)8-14/h3,11,19H,4-8H2,1-2H3,(H,20,22)/t11-,14-/m1/s1. The molecule has 3 rings (SSSR count). The number of nitrogens with one attached hydrogen (secondary N) is 2. The Kier molecular flexibility index (Phi) is 3.92. The number of alkyl halides is 3. The average molecular weight is 331 g/mol. The highest BCUT2D eigenvalue weighted by molar-refractivity contribution is 5.84. The third-order valence-corrected chi connectivity index (χ3v) is 4.78. The summed E-state index contributed by atoms with van der Waals surface area (Å²) in [7, 11) is 1.95. The number of amides is 1. The fourth-order valence-corrected chi connectivity index (χ4v) is 3.78. The molecule has 1 amide bonds. The van der Waals surface area contributed by atoms with Crippen LogP contribution >= 0.6 is 0 Å². The maximum Gasteiger partial charge on any atom is 0.449 e. The lowest BCUT2D eigenvalue weighted by atomic mass is 9.80. The molecule has 0 unspecified atom stereocenters. The summed E-state index contributed by atoms with van der Waals surface area (Å²) >= 11 is 0. The molecule has 0 aliphatic carbocycles. The first-order valence-corrected chi connectivity index (χ1v) is 7.56. The molecule has 23 heavy (non-hydrogen) atoms. The Morgan fingerprint density at radius 2 is 2.30 bits per heavy atom. The van der Waals surface area contributed by atoms with Crippen molar-refractivity contribution in [2.75, 3.05) is 33.2 Å². The molecule has 0 radical (unpaired) electrons. The van der Waals surface area contributed by atoms with Gasteiger partial charge in [-0.15, -0.1) is 0 Å². The summed E-state index contributed by atoms with van der Waals surface area (Å²) in [6.07, 6.45) is -4.56. The van der Waals surface area contributed by atoms with Crippen molar-refractivity contribution < 1.29 is 22.4 Å². The van der Waals surface area contributed by atoms with Gasteiger partial charge >= 0.3 is 6.18 Å². The van der Waals surface area contributed by atoms with Crippen molar-refractivity contribution in [3.63, 3.8) is 0 Å². The number of hydrogen-bond acceptors (Lipinski definition) is 4. The highest BCUT2D eigenvalue weighted by Gasteiger charge is 2.53. The van der Waals surface area contributed by atoms with Gasteiger partial charge in [0, 0.05) is 44.2 Å². The predicted molar refractivity (Wildman–Crippen MR) is 76.6 cm³/mol. The largest absolute Gasteiger partial charge is 0.456 e. The molecule has 2 atom stereocenters. The van der Waals surface area contributed by atoms with Gasteiger partial charge in [0.05, 0.1) is 5.41 Å². The highest BCUT2D eigenvalue weighted by atomic mass is 19.4. The SMILES string of the molecule is Cc1cc(CNC(=O)[C@@]23CNC[C@@H]2CN(C)C3)c(C(F)(F)F)o1. The monoisotopic (exact) mass is 331 g/mol. The molecule has 0 aromatic carbocycles. The van der Waals surface area contributed by atoms with Gasteiger partial charge < -0.3 is 20.0 Å². The number of rotatable bonds is 3. The molecule has 3 heterocycles. The van der Waals surface area contributed by atoms with Crippen LogP contribution in [0.25, 0.3) is 0 Å². The minimum absolute atomic E-state index is 0.0337. The molecule has 5 nitrogen and oxygen atoms in total. The van der Waals surface area contributed by atoms with E-state index in [-0.39, 0.29) is 29.7 Å². The Morgan fingerprint density at radius 3 is 3.00 bits per heavy atom. The lowest BCUT2D eigenvalue weighted by Gasteiger charge is -2.26. The van der Waals surface area contributed by atoms with E-state index in [1.165, 1.54) is 13.0 Å². The van der Waals surface area contributed by atoms with E-state index >= 15 is 0 Å². The number of fused-ring (bicyclic) bond motifs is 1. The molecular weight excluding hydrogens is 311 g/mol. The van der Waals surface area contributed by atoms with Crippen molar-refractivity contribution >= 4 is 5.91 Å². The zero-order valence-electron chi connectivity index (χ0n) is 13.1. The maximum atomic E-state index is 12.9. The van der Waals surface area contributed by atoms with E-state index in [1.807, 2.05) is 7.05 Å². The number of furan rings is 1. The molecule has 0 bridgehead atoms. The van der Waals surface area contributed by atoms with Crippen molar-refractivity contribution in [3.05, 3.63) is 23.2 Å². The van der Waals surface area contributed by atoms with Crippen LogP contribution in [0.5, 0.6) is 0 Å². The number of aryl methyl sites for hydroxylation is 1. The van der Waals surface area contributed by atoms with E-state index in [0.29, 0.717) is 13.1 Å². The fraction of sp³-hybridized carbons (Fsp3) is 0.667. The van der Waals surface area contributed by atoms with Gasteiger partial charge in [0.25, 0.3) is 0 Å². The van der Waals surface area contributed by atoms with Gasteiger partial charge in [0.1, 0.15) is 5.76 Å². The zero-order chi connectivity index (χ0) is 16.8. The summed E-state index contributed by atoms with van der Waals surface area (Å²) in [5.41, 5.74) is -0.583. The Labute approximate surface area is 132 Å². The second-order valence-electron chi connectivity index (χ2n) is 6.57. The van der Waals surface area contributed by atoms with Crippen LogP contribution in [0.3, 0.4) is 0 Å². The molecule has 2 N–H and O–H groups in total. The molecule has 0 saturated carbocycles. The summed E-state index contributed by atoms with van der Waals surface area (Å²) in [6, 6.07) is 1.33. The number of carbonyl (C=O) groups is 1. The molecule has 2 aliphatic heterocycles. The average Bonchev–Trinajstić information content (AvgIpc) is 3.07. The molecule has 1 aromatic heterocycles. The molecule has 2 saturated heterocycles. The number of carbonyl (C=O) groups excluding carboxylic acids is 1. The summed E-state index contributed by atoms with van der Waals surface area (Å²) in [5, 5.41) is 5.90. The Bertz CT molecular complexity index is 614. The lowest BCUT2D eigenvalue weighted by molar-refractivity contribution is -0.154. The number of hydrogen-bond donors (Lipinski definition) is 2. The molecule has 2 aliphatic rings. The second kappa shape index (κ2) is 5.52. The van der Waals surface area contributed by atoms with Crippen molar-refractivity contribution in [2.24, 2.45) is 11.3 Å². The van der Waals surface area contributed by atoms with Crippen LogP contribution in [0.15, 0.2) is 10.5 Å². The van der Waals surface area contributed by atoms with Crippen molar-refractivity contribution in [1.29, 1.82) is 0 Å². The molecule has 8 heteroatoms. The van der Waals surface area contributed by atoms with Gasteiger partial charge in [0.15, 0.2) is 0 Å². The van der Waals surface area contributed by atoms with Crippen LogP contribution in [0.1, 0.15) is 17.1 Å². The normalized spacial score (nSPS) is 28.1. The van der Waals surface area contributed by atoms with Gasteiger partial charge in [-0.05, 0) is 20.0 Å². The molecule has 128 valence electrons. The first-order chi connectivity index (χ1) is 10.7. The third kappa shape index (κ3) is 2.85. The predicted octanol–water partition coefficient (Wildman–Crippen LogP) is 1.37. The Morgan fingerprint density at radius 1 is 1.57 bits per heavy atom. The van der Waals surface area contributed by atoms with Gasteiger partial charge in [0.2, 0.25) is 11.7 Å². The fourth-order valence-electron chi connectivity index (χ4n) is 3.78. The van der Waals surface area contributed by atoms with Crippen molar-refractivity contribution in [1.82, 2.24) is 15.5 Å². The highest BCUT2D eigenvalue weighted by Crippen LogP contribution is 2.39. The van der Waals surface area contributed by atoms with E-state index in [4.69, 9.17) is 4.42 Å². The van der Waals surface area contributed by atoms with E-state index in [1.54, 1.807) is 0 Å². The van der Waals surface area contributed by atoms with Gasteiger partial charge in [-0.1, -0.05) is 0 Å². The second-order valence-corrected chi connectivity index (χ2v) is 6.57. The van der Waals surface area contributed by atoms with Gasteiger partial charge in [-0.2, -0.15) is 13.2 Å².